The summed E-state index contributed by atoms with van der Waals surface area (Å²) < 4.78 is 18.7. The first-order valence-electron chi connectivity index (χ1n) is 13.4. The van der Waals surface area contributed by atoms with Gasteiger partial charge in [0.15, 0.2) is 11.5 Å². The maximum Gasteiger partial charge on any atom is 0.275 e. The normalized spacial score (nSPS) is 11.0. The van der Waals surface area contributed by atoms with Crippen LogP contribution in [0.15, 0.2) is 113 Å². The third kappa shape index (κ3) is 7.11. The molecule has 0 saturated carbocycles. The Hall–Kier alpha value is -4.33. The number of nitrogens with zero attached hydrogens (tertiary/aromatic N) is 1. The van der Waals surface area contributed by atoms with Crippen LogP contribution < -0.4 is 19.6 Å². The SMILES string of the molecule is CCOc1cc(/C=N/NC(=O)c2ccccc2OCc2ccccc2Cl)cc(Br)c1OCc1cccc2ccccc12. The van der Waals surface area contributed by atoms with E-state index in [1.165, 1.54) is 0 Å². The fraction of sp³-hybridized carbons (Fsp3) is 0.118. The van der Waals surface area contributed by atoms with Gasteiger partial charge in [-0.1, -0.05) is 84.4 Å². The van der Waals surface area contributed by atoms with Crippen molar-refractivity contribution in [2.24, 2.45) is 5.10 Å². The van der Waals surface area contributed by atoms with E-state index in [0.717, 1.165) is 21.9 Å². The van der Waals surface area contributed by atoms with Gasteiger partial charge >= 0.3 is 0 Å². The molecule has 0 atom stereocenters. The molecule has 1 N–H and O–H groups in total. The van der Waals surface area contributed by atoms with Crippen LogP contribution in [0.2, 0.25) is 5.02 Å². The minimum atomic E-state index is -0.403. The molecule has 0 aliphatic heterocycles. The summed E-state index contributed by atoms with van der Waals surface area (Å²) >= 11 is 9.86. The van der Waals surface area contributed by atoms with Gasteiger partial charge in [0.2, 0.25) is 0 Å². The molecule has 5 aromatic rings. The average molecular weight is 644 g/mol. The van der Waals surface area contributed by atoms with Crippen LogP contribution in [-0.2, 0) is 13.2 Å². The van der Waals surface area contributed by atoms with Gasteiger partial charge < -0.3 is 14.2 Å². The Balaban J connectivity index is 1.27. The second kappa shape index (κ2) is 14.0. The summed E-state index contributed by atoms with van der Waals surface area (Å²) in [5.41, 5.74) is 5.56. The largest absolute Gasteiger partial charge is 0.490 e. The van der Waals surface area contributed by atoms with Gasteiger partial charge in [0, 0.05) is 10.6 Å². The Labute approximate surface area is 258 Å². The minimum absolute atomic E-state index is 0.233. The number of hydrogen-bond acceptors (Lipinski definition) is 5. The number of amides is 1. The number of halogens is 2. The fourth-order valence-electron chi connectivity index (χ4n) is 4.41. The van der Waals surface area contributed by atoms with Crippen molar-refractivity contribution in [3.8, 4) is 17.2 Å². The van der Waals surface area contributed by atoms with Gasteiger partial charge in [-0.2, -0.15) is 5.10 Å². The predicted octanol–water partition coefficient (Wildman–Crippen LogP) is 8.58. The van der Waals surface area contributed by atoms with E-state index in [1.807, 2.05) is 55.5 Å². The van der Waals surface area contributed by atoms with Crippen LogP contribution in [0.5, 0.6) is 17.2 Å². The molecule has 0 aromatic heterocycles. The summed E-state index contributed by atoms with van der Waals surface area (Å²) in [5, 5.41) is 7.08. The van der Waals surface area contributed by atoms with E-state index < -0.39 is 5.91 Å². The molecule has 0 aliphatic carbocycles. The van der Waals surface area contributed by atoms with Crippen molar-refractivity contribution < 1.29 is 19.0 Å². The molecule has 42 heavy (non-hydrogen) atoms. The van der Waals surface area contributed by atoms with Crippen molar-refractivity contribution >= 4 is 50.4 Å². The lowest BCUT2D eigenvalue weighted by atomic mass is 10.1. The van der Waals surface area contributed by atoms with E-state index in [4.69, 9.17) is 25.8 Å². The molecule has 212 valence electrons. The van der Waals surface area contributed by atoms with Crippen molar-refractivity contribution in [3.05, 3.63) is 135 Å². The number of carbonyl (C=O) groups excluding carboxylic acids is 1. The number of hydrogen-bond donors (Lipinski definition) is 1. The number of ether oxygens (including phenoxy) is 3. The van der Waals surface area contributed by atoms with E-state index in [2.05, 4.69) is 50.7 Å². The molecular formula is C34H28BrClN2O4. The number of hydrazone groups is 1. The molecule has 0 radical (unpaired) electrons. The van der Waals surface area contributed by atoms with Gasteiger partial charge in [-0.15, -0.1) is 0 Å². The second-order valence-corrected chi connectivity index (χ2v) is 10.5. The van der Waals surface area contributed by atoms with Crippen LogP contribution in [0, 0.1) is 0 Å². The zero-order valence-corrected chi connectivity index (χ0v) is 25.2. The molecule has 5 aromatic carbocycles. The summed E-state index contributed by atoms with van der Waals surface area (Å²) in [6, 6.07) is 32.5. The van der Waals surface area contributed by atoms with Crippen molar-refractivity contribution in [2.75, 3.05) is 6.61 Å². The Morgan fingerprint density at radius 1 is 0.833 bits per heavy atom. The topological polar surface area (TPSA) is 69.2 Å². The minimum Gasteiger partial charge on any atom is -0.490 e. The monoisotopic (exact) mass is 642 g/mol. The van der Waals surface area contributed by atoms with Crippen LogP contribution >= 0.6 is 27.5 Å². The maximum atomic E-state index is 13.0. The third-order valence-corrected chi connectivity index (χ3v) is 7.39. The molecule has 0 fully saturated rings. The van der Waals surface area contributed by atoms with E-state index in [9.17, 15) is 4.79 Å². The van der Waals surface area contributed by atoms with Crippen molar-refractivity contribution in [1.82, 2.24) is 5.43 Å². The number of rotatable bonds is 11. The Morgan fingerprint density at radius 2 is 1.55 bits per heavy atom. The first kappa shape index (κ1) is 29.2. The summed E-state index contributed by atoms with van der Waals surface area (Å²) in [5.74, 6) is 1.19. The molecule has 0 saturated heterocycles. The Kier molecular flexibility index (Phi) is 9.74. The van der Waals surface area contributed by atoms with Gasteiger partial charge in [0.25, 0.3) is 5.91 Å². The summed E-state index contributed by atoms with van der Waals surface area (Å²) in [4.78, 5) is 13.0. The lowest BCUT2D eigenvalue weighted by molar-refractivity contribution is 0.0950. The second-order valence-electron chi connectivity index (χ2n) is 9.27. The van der Waals surface area contributed by atoms with Crippen LogP contribution in [0.25, 0.3) is 10.8 Å². The highest BCUT2D eigenvalue weighted by Crippen LogP contribution is 2.37. The lowest BCUT2D eigenvalue weighted by Crippen LogP contribution is -2.18. The molecule has 0 unspecified atom stereocenters. The van der Waals surface area contributed by atoms with Crippen LogP contribution in [0.4, 0.5) is 0 Å². The van der Waals surface area contributed by atoms with E-state index in [-0.39, 0.29) is 6.61 Å². The van der Waals surface area contributed by atoms with E-state index in [0.29, 0.717) is 51.1 Å². The summed E-state index contributed by atoms with van der Waals surface area (Å²) in [6.07, 6.45) is 1.55. The number of benzene rings is 5. The van der Waals surface area contributed by atoms with Gasteiger partial charge in [-0.25, -0.2) is 5.43 Å². The third-order valence-electron chi connectivity index (χ3n) is 6.44. The maximum absolute atomic E-state index is 13.0. The molecule has 1 amide bonds. The standard InChI is InChI=1S/C34H28BrClN2O4/c1-2-40-32-19-23(18-29(35)33(32)42-21-25-13-9-12-24-10-3-5-14-27(24)25)20-37-38-34(39)28-15-6-8-17-31(28)41-22-26-11-4-7-16-30(26)36/h3-20H,2,21-22H2,1H3,(H,38,39)/b37-20+. The number of fused-ring (bicyclic) bond motifs is 1. The quantitative estimate of drug-likeness (QED) is 0.116. The fourth-order valence-corrected chi connectivity index (χ4v) is 5.17. The number of nitrogens with one attached hydrogen (secondary N) is 1. The van der Waals surface area contributed by atoms with Crippen LogP contribution in [0.3, 0.4) is 0 Å². The predicted molar refractivity (Wildman–Crippen MR) is 171 cm³/mol. The number of carbonyl (C=O) groups is 1. The van der Waals surface area contributed by atoms with Gasteiger partial charge in [0.1, 0.15) is 19.0 Å². The Bertz CT molecular complexity index is 1740. The van der Waals surface area contributed by atoms with Crippen LogP contribution in [-0.4, -0.2) is 18.7 Å². The molecule has 0 spiro atoms. The highest BCUT2D eigenvalue weighted by molar-refractivity contribution is 9.10. The Morgan fingerprint density at radius 3 is 2.40 bits per heavy atom. The molecule has 6 nitrogen and oxygen atoms in total. The van der Waals surface area contributed by atoms with Crippen molar-refractivity contribution in [1.29, 1.82) is 0 Å². The first-order valence-corrected chi connectivity index (χ1v) is 14.5. The summed E-state index contributed by atoms with van der Waals surface area (Å²) in [7, 11) is 0. The van der Waals surface area contributed by atoms with E-state index >= 15 is 0 Å². The average Bonchev–Trinajstić information content (AvgIpc) is 3.00. The van der Waals surface area contributed by atoms with Gasteiger partial charge in [-0.05, 0) is 75.1 Å². The molecule has 0 bridgehead atoms. The molecular weight excluding hydrogens is 616 g/mol. The zero-order valence-electron chi connectivity index (χ0n) is 22.8. The molecule has 0 aliphatic rings. The molecule has 8 heteroatoms. The van der Waals surface area contributed by atoms with E-state index in [1.54, 1.807) is 36.5 Å². The zero-order chi connectivity index (χ0) is 29.3. The lowest BCUT2D eigenvalue weighted by Gasteiger charge is -2.15. The van der Waals surface area contributed by atoms with Gasteiger partial charge in [-0.3, -0.25) is 4.79 Å². The first-order chi connectivity index (χ1) is 20.5. The number of para-hydroxylation sites is 1. The van der Waals surface area contributed by atoms with Crippen molar-refractivity contribution in [2.45, 2.75) is 20.1 Å². The molecule has 0 heterocycles. The summed E-state index contributed by atoms with van der Waals surface area (Å²) in [6.45, 7) is 2.98. The van der Waals surface area contributed by atoms with Crippen molar-refractivity contribution in [3.63, 3.8) is 0 Å². The highest BCUT2D eigenvalue weighted by atomic mass is 79.9. The van der Waals surface area contributed by atoms with Gasteiger partial charge in [0.05, 0.1) is 22.9 Å². The van der Waals surface area contributed by atoms with Crippen LogP contribution in [0.1, 0.15) is 34.0 Å². The molecule has 5 rings (SSSR count). The highest BCUT2D eigenvalue weighted by Gasteiger charge is 2.15. The smallest absolute Gasteiger partial charge is 0.275 e.